The molecule has 110 valence electrons. The maximum atomic E-state index is 12.1. The molecule has 1 fully saturated rings. The van der Waals surface area contributed by atoms with Crippen molar-refractivity contribution in [1.29, 1.82) is 0 Å². The predicted octanol–water partition coefficient (Wildman–Crippen LogP) is 1.24. The van der Waals surface area contributed by atoms with E-state index in [1.54, 1.807) is 7.05 Å². The third-order valence-corrected chi connectivity index (χ3v) is 3.79. The fraction of sp³-hybridized carbons (Fsp3) is 0.643. The molecule has 2 rings (SSSR count). The number of piperidine rings is 1. The van der Waals surface area contributed by atoms with Gasteiger partial charge in [-0.2, -0.15) is 0 Å². The van der Waals surface area contributed by atoms with Gasteiger partial charge in [-0.1, -0.05) is 0 Å². The fourth-order valence-corrected chi connectivity index (χ4v) is 2.76. The molecule has 2 heterocycles. The van der Waals surface area contributed by atoms with E-state index < -0.39 is 0 Å². The minimum atomic E-state index is -0.133. The number of amides is 1. The molecule has 1 aromatic rings. The maximum absolute atomic E-state index is 12.1. The van der Waals surface area contributed by atoms with Crippen LogP contribution in [0.4, 0.5) is 11.6 Å². The van der Waals surface area contributed by atoms with Crippen LogP contribution in [-0.2, 0) is 4.79 Å². The van der Waals surface area contributed by atoms with Crippen molar-refractivity contribution in [2.75, 3.05) is 30.9 Å². The zero-order valence-electron chi connectivity index (χ0n) is 12.7. The van der Waals surface area contributed by atoms with Crippen LogP contribution in [-0.4, -0.2) is 42.6 Å². The molecule has 1 aliphatic rings. The van der Waals surface area contributed by atoms with E-state index in [9.17, 15) is 4.79 Å². The van der Waals surface area contributed by atoms with Gasteiger partial charge < -0.3 is 15.5 Å². The molecule has 20 heavy (non-hydrogen) atoms. The van der Waals surface area contributed by atoms with Crippen molar-refractivity contribution in [3.63, 3.8) is 0 Å². The van der Waals surface area contributed by atoms with Gasteiger partial charge in [-0.3, -0.25) is 4.79 Å². The van der Waals surface area contributed by atoms with E-state index in [0.717, 1.165) is 48.8 Å². The Kier molecular flexibility index (Phi) is 4.42. The average molecular weight is 277 g/mol. The second-order valence-corrected chi connectivity index (χ2v) is 5.14. The van der Waals surface area contributed by atoms with Gasteiger partial charge in [0.15, 0.2) is 0 Å². The summed E-state index contributed by atoms with van der Waals surface area (Å²) in [5, 5.41) is 5.85. The minimum absolute atomic E-state index is 0.0615. The first-order chi connectivity index (χ1) is 9.58. The number of carbonyl (C=O) groups excluding carboxylic acids is 1. The highest BCUT2D eigenvalue weighted by atomic mass is 16.2. The van der Waals surface area contributed by atoms with Crippen LogP contribution in [0.3, 0.4) is 0 Å². The second-order valence-electron chi connectivity index (χ2n) is 5.14. The van der Waals surface area contributed by atoms with Crippen molar-refractivity contribution < 1.29 is 4.79 Å². The van der Waals surface area contributed by atoms with Crippen LogP contribution in [0, 0.1) is 13.8 Å². The van der Waals surface area contributed by atoms with Crippen LogP contribution in [0.2, 0.25) is 0 Å². The summed E-state index contributed by atoms with van der Waals surface area (Å²) in [6.07, 6.45) is 3.04. The predicted molar refractivity (Wildman–Crippen MR) is 80.1 cm³/mol. The number of nitrogens with zero attached hydrogens (tertiary/aromatic N) is 3. The Hall–Kier alpha value is -1.85. The number of aromatic nitrogens is 2. The second kappa shape index (κ2) is 6.07. The van der Waals surface area contributed by atoms with Crippen molar-refractivity contribution in [3.8, 4) is 0 Å². The number of likely N-dealkylation sites (N-methyl/N-ethyl adjacent to an activating group) is 1. The van der Waals surface area contributed by atoms with Gasteiger partial charge in [0.1, 0.15) is 23.5 Å². The molecule has 1 atom stereocenters. The fourth-order valence-electron chi connectivity index (χ4n) is 2.76. The standard InChI is InChI=1S/C14H23N5O/c1-9-12(15-3)17-10(2)18-13(9)19-8-6-5-7-11(19)14(20)16-4/h11H,5-8H2,1-4H3,(H,16,20)(H,15,17,18). The van der Waals surface area contributed by atoms with E-state index in [2.05, 4.69) is 25.5 Å². The molecular weight excluding hydrogens is 254 g/mol. The van der Waals surface area contributed by atoms with Gasteiger partial charge in [0.2, 0.25) is 5.91 Å². The van der Waals surface area contributed by atoms with E-state index in [0.29, 0.717) is 0 Å². The van der Waals surface area contributed by atoms with E-state index >= 15 is 0 Å². The third kappa shape index (κ3) is 2.69. The molecule has 0 spiro atoms. The lowest BCUT2D eigenvalue weighted by atomic mass is 10.0. The molecule has 2 N–H and O–H groups in total. The quantitative estimate of drug-likeness (QED) is 0.870. The summed E-state index contributed by atoms with van der Waals surface area (Å²) in [5.41, 5.74) is 0.994. The van der Waals surface area contributed by atoms with Crippen LogP contribution in [0.1, 0.15) is 30.7 Å². The van der Waals surface area contributed by atoms with Crippen LogP contribution in [0.5, 0.6) is 0 Å². The number of hydrogen-bond acceptors (Lipinski definition) is 5. The van der Waals surface area contributed by atoms with E-state index in [1.807, 2.05) is 20.9 Å². The molecule has 0 saturated carbocycles. The number of rotatable bonds is 3. The number of nitrogens with one attached hydrogen (secondary N) is 2. The van der Waals surface area contributed by atoms with Gasteiger partial charge in [-0.15, -0.1) is 0 Å². The maximum Gasteiger partial charge on any atom is 0.242 e. The first kappa shape index (κ1) is 14.6. The largest absolute Gasteiger partial charge is 0.373 e. The molecule has 1 saturated heterocycles. The summed E-state index contributed by atoms with van der Waals surface area (Å²) in [6, 6.07) is -0.133. The molecule has 1 aromatic heterocycles. The molecule has 0 radical (unpaired) electrons. The zero-order valence-corrected chi connectivity index (χ0v) is 12.7. The van der Waals surface area contributed by atoms with Crippen molar-refractivity contribution >= 4 is 17.5 Å². The monoisotopic (exact) mass is 277 g/mol. The van der Waals surface area contributed by atoms with Crippen LogP contribution >= 0.6 is 0 Å². The molecule has 1 unspecified atom stereocenters. The Labute approximate surface area is 120 Å². The van der Waals surface area contributed by atoms with E-state index in [1.165, 1.54) is 0 Å². The number of hydrogen-bond donors (Lipinski definition) is 2. The Morgan fingerprint density at radius 3 is 2.65 bits per heavy atom. The number of carbonyl (C=O) groups is 1. The van der Waals surface area contributed by atoms with Gasteiger partial charge in [0, 0.05) is 26.2 Å². The average Bonchev–Trinajstić information content (AvgIpc) is 2.48. The summed E-state index contributed by atoms with van der Waals surface area (Å²) in [7, 11) is 3.54. The highest BCUT2D eigenvalue weighted by Gasteiger charge is 2.30. The van der Waals surface area contributed by atoms with Crippen LogP contribution < -0.4 is 15.5 Å². The van der Waals surface area contributed by atoms with Gasteiger partial charge >= 0.3 is 0 Å². The normalized spacial score (nSPS) is 18.8. The summed E-state index contributed by atoms with van der Waals surface area (Å²) in [6.45, 7) is 4.73. The Morgan fingerprint density at radius 1 is 1.25 bits per heavy atom. The van der Waals surface area contributed by atoms with Crippen molar-refractivity contribution in [3.05, 3.63) is 11.4 Å². The smallest absolute Gasteiger partial charge is 0.242 e. The lowest BCUT2D eigenvalue weighted by molar-refractivity contribution is -0.122. The van der Waals surface area contributed by atoms with Crippen molar-refractivity contribution in [2.45, 2.75) is 39.2 Å². The highest BCUT2D eigenvalue weighted by molar-refractivity contribution is 5.85. The van der Waals surface area contributed by atoms with E-state index in [-0.39, 0.29) is 11.9 Å². The number of anilines is 2. The number of aryl methyl sites for hydroxylation is 1. The molecular formula is C14H23N5O. The van der Waals surface area contributed by atoms with Gasteiger partial charge in [0.05, 0.1) is 0 Å². The zero-order chi connectivity index (χ0) is 14.7. The third-order valence-electron chi connectivity index (χ3n) is 3.79. The van der Waals surface area contributed by atoms with Crippen LogP contribution in [0.15, 0.2) is 0 Å². The summed E-state index contributed by atoms with van der Waals surface area (Å²) in [5.74, 6) is 2.48. The first-order valence-electron chi connectivity index (χ1n) is 7.09. The van der Waals surface area contributed by atoms with Gasteiger partial charge in [0.25, 0.3) is 0 Å². The molecule has 1 aliphatic heterocycles. The SMILES string of the molecule is CNC(=O)C1CCCCN1c1nc(C)nc(NC)c1C. The van der Waals surface area contributed by atoms with Crippen molar-refractivity contribution in [2.24, 2.45) is 0 Å². The Morgan fingerprint density at radius 2 is 2.00 bits per heavy atom. The first-order valence-corrected chi connectivity index (χ1v) is 7.09. The van der Waals surface area contributed by atoms with Crippen molar-refractivity contribution in [1.82, 2.24) is 15.3 Å². The Balaban J connectivity index is 2.42. The van der Waals surface area contributed by atoms with Gasteiger partial charge in [-0.25, -0.2) is 9.97 Å². The summed E-state index contributed by atoms with van der Waals surface area (Å²) >= 11 is 0. The summed E-state index contributed by atoms with van der Waals surface area (Å²) in [4.78, 5) is 23.2. The topological polar surface area (TPSA) is 70.2 Å². The molecule has 0 aliphatic carbocycles. The van der Waals surface area contributed by atoms with E-state index in [4.69, 9.17) is 0 Å². The molecule has 6 nitrogen and oxygen atoms in total. The molecule has 6 heteroatoms. The van der Waals surface area contributed by atoms with Crippen LogP contribution in [0.25, 0.3) is 0 Å². The minimum Gasteiger partial charge on any atom is -0.373 e. The summed E-state index contributed by atoms with van der Waals surface area (Å²) < 4.78 is 0. The highest BCUT2D eigenvalue weighted by Crippen LogP contribution is 2.29. The lowest BCUT2D eigenvalue weighted by Crippen LogP contribution is -2.49. The molecule has 0 aromatic carbocycles. The van der Waals surface area contributed by atoms with Gasteiger partial charge in [-0.05, 0) is 33.1 Å². The molecule has 1 amide bonds. The lowest BCUT2D eigenvalue weighted by Gasteiger charge is -2.36. The molecule has 0 bridgehead atoms. The Bertz CT molecular complexity index is 503.